The van der Waals surface area contributed by atoms with Crippen molar-refractivity contribution in [3.05, 3.63) is 53.2 Å². The van der Waals surface area contributed by atoms with Crippen molar-refractivity contribution in [1.29, 1.82) is 0 Å². The normalized spacial score (nSPS) is 11.3. The number of aromatic nitrogens is 6. The molecule has 0 aliphatic rings. The van der Waals surface area contributed by atoms with Crippen LogP contribution in [-0.4, -0.2) is 35.4 Å². The van der Waals surface area contributed by atoms with E-state index in [-0.39, 0.29) is 5.91 Å². The second-order valence-electron chi connectivity index (χ2n) is 6.59. The third-order valence-corrected chi connectivity index (χ3v) is 4.87. The lowest BCUT2D eigenvalue weighted by molar-refractivity contribution is 0.0944. The van der Waals surface area contributed by atoms with Gasteiger partial charge in [0.25, 0.3) is 5.91 Å². The molecule has 8 nitrogen and oxygen atoms in total. The minimum Gasteiger partial charge on any atom is -0.343 e. The van der Waals surface area contributed by atoms with Crippen LogP contribution in [0.5, 0.6) is 0 Å². The predicted molar refractivity (Wildman–Crippen MR) is 102 cm³/mol. The van der Waals surface area contributed by atoms with Gasteiger partial charge in [-0.05, 0) is 32.0 Å². The van der Waals surface area contributed by atoms with Crippen LogP contribution in [0.2, 0.25) is 0 Å². The van der Waals surface area contributed by atoms with E-state index in [4.69, 9.17) is 0 Å². The molecule has 0 saturated heterocycles. The van der Waals surface area contributed by atoms with Gasteiger partial charge < -0.3 is 9.88 Å². The number of nitrogens with zero attached hydrogens (tertiary/aromatic N) is 5. The second-order valence-corrected chi connectivity index (χ2v) is 6.59. The Morgan fingerprint density at radius 2 is 2.00 bits per heavy atom. The van der Waals surface area contributed by atoms with Crippen molar-refractivity contribution in [3.8, 4) is 11.3 Å². The van der Waals surface area contributed by atoms with Gasteiger partial charge >= 0.3 is 0 Å². The molecule has 0 bridgehead atoms. The number of amides is 1. The van der Waals surface area contributed by atoms with Crippen molar-refractivity contribution in [3.63, 3.8) is 0 Å². The topological polar surface area (TPSA) is 93.4 Å². The lowest BCUT2D eigenvalue weighted by atomic mass is 10.1. The number of rotatable bonds is 4. The van der Waals surface area contributed by atoms with Crippen LogP contribution in [0.1, 0.15) is 27.7 Å². The zero-order chi connectivity index (χ0) is 19.1. The van der Waals surface area contributed by atoms with E-state index in [9.17, 15) is 4.79 Å². The molecule has 2 N–H and O–H groups in total. The molecule has 138 valence electrons. The van der Waals surface area contributed by atoms with Gasteiger partial charge in [0, 0.05) is 25.4 Å². The standard InChI is InChI=1S/C19H21N7O/c1-11-18(12(2)26(4)24-11)14-9-15(23-22-14)19(27)20-10-17-21-13-7-5-6-8-16(13)25(17)3/h5-9H,10H2,1-4H3,(H,20,27)(H,22,23). The van der Waals surface area contributed by atoms with Crippen molar-refractivity contribution in [1.82, 2.24) is 34.8 Å². The van der Waals surface area contributed by atoms with E-state index in [0.717, 1.165) is 33.8 Å². The Kier molecular flexibility index (Phi) is 4.02. The van der Waals surface area contributed by atoms with E-state index in [1.165, 1.54) is 0 Å². The van der Waals surface area contributed by atoms with Crippen molar-refractivity contribution in [2.45, 2.75) is 20.4 Å². The van der Waals surface area contributed by atoms with Gasteiger partial charge in [-0.2, -0.15) is 10.2 Å². The van der Waals surface area contributed by atoms with Crippen LogP contribution in [-0.2, 0) is 20.6 Å². The summed E-state index contributed by atoms with van der Waals surface area (Å²) in [7, 11) is 3.84. The summed E-state index contributed by atoms with van der Waals surface area (Å²) < 4.78 is 3.79. The van der Waals surface area contributed by atoms with Crippen molar-refractivity contribution >= 4 is 16.9 Å². The van der Waals surface area contributed by atoms with Gasteiger partial charge in [-0.3, -0.25) is 14.6 Å². The summed E-state index contributed by atoms with van der Waals surface area (Å²) in [6.07, 6.45) is 0. The number of imidazole rings is 1. The molecular formula is C19H21N7O. The molecule has 0 atom stereocenters. The number of nitrogens with one attached hydrogen (secondary N) is 2. The first-order valence-corrected chi connectivity index (χ1v) is 8.70. The molecule has 4 aromatic rings. The SMILES string of the molecule is Cc1nn(C)c(C)c1-c1cc(C(=O)NCc2nc3ccccc3n2C)[nH]n1. The van der Waals surface area contributed by atoms with Crippen LogP contribution in [0.25, 0.3) is 22.3 Å². The highest BCUT2D eigenvalue weighted by Gasteiger charge is 2.17. The maximum Gasteiger partial charge on any atom is 0.269 e. The molecular weight excluding hydrogens is 342 g/mol. The number of carbonyl (C=O) groups excluding carboxylic acids is 1. The highest BCUT2D eigenvalue weighted by molar-refractivity contribution is 5.93. The van der Waals surface area contributed by atoms with Crippen LogP contribution in [0, 0.1) is 13.8 Å². The largest absolute Gasteiger partial charge is 0.343 e. The molecule has 0 unspecified atom stereocenters. The maximum atomic E-state index is 12.5. The summed E-state index contributed by atoms with van der Waals surface area (Å²) in [6.45, 7) is 4.25. The van der Waals surface area contributed by atoms with Gasteiger partial charge in [0.05, 0.1) is 29.0 Å². The van der Waals surface area contributed by atoms with Crippen LogP contribution >= 0.6 is 0 Å². The molecule has 0 saturated carbocycles. The molecule has 0 spiro atoms. The minimum absolute atomic E-state index is 0.222. The first-order valence-electron chi connectivity index (χ1n) is 8.70. The highest BCUT2D eigenvalue weighted by Crippen LogP contribution is 2.25. The number of para-hydroxylation sites is 2. The van der Waals surface area contributed by atoms with Gasteiger partial charge in [-0.1, -0.05) is 12.1 Å². The summed E-state index contributed by atoms with van der Waals surface area (Å²) in [5.74, 6) is 0.572. The molecule has 8 heteroatoms. The van der Waals surface area contributed by atoms with Crippen molar-refractivity contribution in [2.75, 3.05) is 0 Å². The lowest BCUT2D eigenvalue weighted by Crippen LogP contribution is -2.24. The molecule has 27 heavy (non-hydrogen) atoms. The Bertz CT molecular complexity index is 1150. The summed E-state index contributed by atoms with van der Waals surface area (Å²) in [6, 6.07) is 9.64. The smallest absolute Gasteiger partial charge is 0.269 e. The summed E-state index contributed by atoms with van der Waals surface area (Å²) >= 11 is 0. The molecule has 0 aliphatic heterocycles. The van der Waals surface area contributed by atoms with Crippen LogP contribution in [0.15, 0.2) is 30.3 Å². The van der Waals surface area contributed by atoms with E-state index in [1.54, 1.807) is 6.07 Å². The second kappa shape index (κ2) is 6.39. The molecule has 3 heterocycles. The number of hydrogen-bond donors (Lipinski definition) is 2. The first-order chi connectivity index (χ1) is 13.0. The van der Waals surface area contributed by atoms with Gasteiger partial charge in [0.1, 0.15) is 11.5 Å². The molecule has 0 radical (unpaired) electrons. The van der Waals surface area contributed by atoms with E-state index in [0.29, 0.717) is 17.9 Å². The highest BCUT2D eigenvalue weighted by atomic mass is 16.1. The van der Waals surface area contributed by atoms with Gasteiger partial charge in [0.15, 0.2) is 0 Å². The average molecular weight is 363 g/mol. The van der Waals surface area contributed by atoms with Crippen molar-refractivity contribution < 1.29 is 4.79 Å². The van der Waals surface area contributed by atoms with Gasteiger partial charge in [-0.15, -0.1) is 0 Å². The Labute approximate surface area is 156 Å². The number of carbonyl (C=O) groups is 1. The predicted octanol–water partition coefficient (Wildman–Crippen LogP) is 2.24. The quantitative estimate of drug-likeness (QED) is 0.581. The fraction of sp³-hybridized carbons (Fsp3) is 0.263. The molecule has 3 aromatic heterocycles. The maximum absolute atomic E-state index is 12.5. The molecule has 1 aromatic carbocycles. The summed E-state index contributed by atoms with van der Waals surface area (Å²) in [5.41, 5.74) is 5.91. The summed E-state index contributed by atoms with van der Waals surface area (Å²) in [4.78, 5) is 17.1. The first kappa shape index (κ1) is 17.0. The molecule has 1 amide bonds. The number of aromatic amines is 1. The Balaban J connectivity index is 1.52. The molecule has 4 rings (SSSR count). The Morgan fingerprint density at radius 3 is 2.70 bits per heavy atom. The Morgan fingerprint density at radius 1 is 1.22 bits per heavy atom. The van der Waals surface area contributed by atoms with Crippen molar-refractivity contribution in [2.24, 2.45) is 14.1 Å². The monoisotopic (exact) mass is 363 g/mol. The zero-order valence-corrected chi connectivity index (χ0v) is 15.7. The fourth-order valence-electron chi connectivity index (χ4n) is 3.32. The number of H-pyrrole nitrogens is 1. The molecule has 0 fully saturated rings. The lowest BCUT2D eigenvalue weighted by Gasteiger charge is -2.04. The van der Waals surface area contributed by atoms with Crippen LogP contribution in [0.3, 0.4) is 0 Å². The molecule has 0 aliphatic carbocycles. The minimum atomic E-state index is -0.222. The third kappa shape index (κ3) is 2.88. The van der Waals surface area contributed by atoms with Crippen LogP contribution < -0.4 is 5.32 Å². The van der Waals surface area contributed by atoms with E-state index >= 15 is 0 Å². The fourth-order valence-corrected chi connectivity index (χ4v) is 3.32. The number of fused-ring (bicyclic) bond motifs is 1. The van der Waals surface area contributed by atoms with E-state index in [1.807, 2.05) is 61.5 Å². The van der Waals surface area contributed by atoms with E-state index in [2.05, 4.69) is 25.6 Å². The number of aryl methyl sites for hydroxylation is 3. The number of hydrogen-bond acceptors (Lipinski definition) is 4. The number of benzene rings is 1. The Hall–Kier alpha value is -3.42. The van der Waals surface area contributed by atoms with Gasteiger partial charge in [0.2, 0.25) is 0 Å². The van der Waals surface area contributed by atoms with E-state index < -0.39 is 0 Å². The van der Waals surface area contributed by atoms with Crippen LogP contribution in [0.4, 0.5) is 0 Å². The van der Waals surface area contributed by atoms with Gasteiger partial charge in [-0.25, -0.2) is 4.98 Å². The third-order valence-electron chi connectivity index (χ3n) is 4.87. The summed E-state index contributed by atoms with van der Waals surface area (Å²) in [5, 5.41) is 14.4. The zero-order valence-electron chi connectivity index (χ0n) is 15.7. The average Bonchev–Trinajstić information content (AvgIpc) is 3.31.